The summed E-state index contributed by atoms with van der Waals surface area (Å²) < 4.78 is 5.26. The largest absolute Gasteiger partial charge is 0.469 e. The predicted molar refractivity (Wildman–Crippen MR) is 68.6 cm³/mol. The second kappa shape index (κ2) is 5.82. The summed E-state index contributed by atoms with van der Waals surface area (Å²) in [5.74, 6) is 0.965. The van der Waals surface area contributed by atoms with Crippen molar-refractivity contribution in [1.29, 1.82) is 0 Å². The fourth-order valence-corrected chi connectivity index (χ4v) is 1.66. The van der Waals surface area contributed by atoms with Crippen LogP contribution in [0.2, 0.25) is 0 Å². The van der Waals surface area contributed by atoms with Gasteiger partial charge in [0.2, 0.25) is 6.20 Å². The number of rotatable bonds is 5. The molecule has 4 heteroatoms. The van der Waals surface area contributed by atoms with Gasteiger partial charge in [-0.1, -0.05) is 24.3 Å². The first-order valence-corrected chi connectivity index (χ1v) is 5.67. The van der Waals surface area contributed by atoms with Crippen molar-refractivity contribution in [3.05, 3.63) is 75.9 Å². The maximum absolute atomic E-state index is 10.2. The van der Waals surface area contributed by atoms with Crippen LogP contribution in [0.3, 0.4) is 0 Å². The highest BCUT2D eigenvalue weighted by Crippen LogP contribution is 2.10. The summed E-state index contributed by atoms with van der Waals surface area (Å²) in [6.07, 6.45) is 5.85. The Morgan fingerprint density at radius 2 is 1.94 bits per heavy atom. The van der Waals surface area contributed by atoms with Gasteiger partial charge in [-0.15, -0.1) is 0 Å². The van der Waals surface area contributed by atoms with Gasteiger partial charge in [0.05, 0.1) is 11.2 Å². The average Bonchev–Trinajstić information content (AvgIpc) is 2.88. The lowest BCUT2D eigenvalue weighted by molar-refractivity contribution is -0.400. The van der Waals surface area contributed by atoms with E-state index in [2.05, 4.69) is 0 Å². The second-order valence-electron chi connectivity index (χ2n) is 3.92. The topological polar surface area (TPSA) is 56.3 Å². The molecule has 0 spiro atoms. The van der Waals surface area contributed by atoms with Crippen LogP contribution in [0, 0.1) is 10.1 Å². The van der Waals surface area contributed by atoms with E-state index in [0.717, 1.165) is 30.4 Å². The van der Waals surface area contributed by atoms with Crippen LogP contribution < -0.4 is 0 Å². The zero-order valence-electron chi connectivity index (χ0n) is 9.78. The summed E-state index contributed by atoms with van der Waals surface area (Å²) in [5, 5.41) is 10.2. The van der Waals surface area contributed by atoms with E-state index in [9.17, 15) is 10.1 Å². The van der Waals surface area contributed by atoms with Gasteiger partial charge < -0.3 is 4.42 Å². The van der Waals surface area contributed by atoms with Gasteiger partial charge in [-0.05, 0) is 29.7 Å². The summed E-state index contributed by atoms with van der Waals surface area (Å²) in [4.78, 5) is 9.71. The van der Waals surface area contributed by atoms with Crippen molar-refractivity contribution in [3.63, 3.8) is 0 Å². The molecule has 0 N–H and O–H groups in total. The molecule has 1 aromatic heterocycles. The van der Waals surface area contributed by atoms with E-state index in [1.165, 1.54) is 11.6 Å². The van der Waals surface area contributed by atoms with Crippen molar-refractivity contribution in [2.24, 2.45) is 0 Å². The molecule has 2 rings (SSSR count). The van der Waals surface area contributed by atoms with E-state index in [1.54, 1.807) is 6.26 Å². The number of benzene rings is 1. The molecule has 0 amide bonds. The zero-order valence-corrected chi connectivity index (χ0v) is 9.78. The molecule has 1 aromatic carbocycles. The van der Waals surface area contributed by atoms with Crippen LogP contribution >= 0.6 is 0 Å². The lowest BCUT2D eigenvalue weighted by Gasteiger charge is -2.00. The molecule has 0 bridgehead atoms. The van der Waals surface area contributed by atoms with Crippen LogP contribution in [0.5, 0.6) is 0 Å². The Balaban J connectivity index is 1.93. The first-order valence-electron chi connectivity index (χ1n) is 5.67. The number of aryl methyl sites for hydroxylation is 2. The van der Waals surface area contributed by atoms with Crippen molar-refractivity contribution in [2.45, 2.75) is 12.8 Å². The molecule has 18 heavy (non-hydrogen) atoms. The Morgan fingerprint density at radius 1 is 1.17 bits per heavy atom. The smallest absolute Gasteiger partial charge is 0.235 e. The fraction of sp³-hybridized carbons (Fsp3) is 0.143. The predicted octanol–water partition coefficient (Wildman–Crippen LogP) is 3.31. The molecule has 2 aromatic rings. The van der Waals surface area contributed by atoms with Crippen LogP contribution in [0.1, 0.15) is 16.9 Å². The highest BCUT2D eigenvalue weighted by molar-refractivity contribution is 5.48. The van der Waals surface area contributed by atoms with Gasteiger partial charge in [-0.3, -0.25) is 10.1 Å². The highest BCUT2D eigenvalue weighted by atomic mass is 16.6. The van der Waals surface area contributed by atoms with Crippen molar-refractivity contribution in [3.8, 4) is 0 Å². The van der Waals surface area contributed by atoms with E-state index in [1.807, 2.05) is 36.4 Å². The van der Waals surface area contributed by atoms with E-state index in [-0.39, 0.29) is 0 Å². The van der Waals surface area contributed by atoms with Gasteiger partial charge in [-0.25, -0.2) is 0 Å². The summed E-state index contributed by atoms with van der Waals surface area (Å²) >= 11 is 0. The molecule has 0 saturated carbocycles. The van der Waals surface area contributed by atoms with Crippen molar-refractivity contribution < 1.29 is 9.34 Å². The van der Waals surface area contributed by atoms with E-state index in [4.69, 9.17) is 4.42 Å². The number of hydrogen-bond donors (Lipinski definition) is 0. The van der Waals surface area contributed by atoms with Gasteiger partial charge in [0, 0.05) is 12.5 Å². The minimum Gasteiger partial charge on any atom is -0.469 e. The van der Waals surface area contributed by atoms with Gasteiger partial charge in [0.15, 0.2) is 0 Å². The SMILES string of the molecule is O=[N+]([O-])C=Cc1ccc(CCc2ccco2)cc1. The summed E-state index contributed by atoms with van der Waals surface area (Å²) in [5.41, 5.74) is 2.01. The molecule has 0 aliphatic heterocycles. The Morgan fingerprint density at radius 3 is 2.56 bits per heavy atom. The average molecular weight is 243 g/mol. The second-order valence-corrected chi connectivity index (χ2v) is 3.92. The molecule has 0 radical (unpaired) electrons. The van der Waals surface area contributed by atoms with E-state index in [0.29, 0.717) is 0 Å². The summed E-state index contributed by atoms with van der Waals surface area (Å²) in [7, 11) is 0. The van der Waals surface area contributed by atoms with Crippen LogP contribution in [0.4, 0.5) is 0 Å². The number of nitro groups is 1. The first-order chi connectivity index (χ1) is 8.74. The molecule has 0 unspecified atom stereocenters. The number of nitrogens with zero attached hydrogens (tertiary/aromatic N) is 1. The van der Waals surface area contributed by atoms with Crippen LogP contribution in [-0.4, -0.2) is 4.92 Å². The number of furan rings is 1. The standard InChI is InChI=1S/C14H13NO3/c16-15(17)10-9-13-5-3-12(4-6-13)7-8-14-2-1-11-18-14/h1-6,9-11H,7-8H2. The molecule has 0 atom stereocenters. The third-order valence-corrected chi connectivity index (χ3v) is 2.61. The van der Waals surface area contributed by atoms with Gasteiger partial charge in [-0.2, -0.15) is 0 Å². The van der Waals surface area contributed by atoms with Crippen LogP contribution in [0.25, 0.3) is 6.08 Å². The molecule has 0 aliphatic rings. The molecule has 0 saturated heterocycles. The van der Waals surface area contributed by atoms with Crippen LogP contribution in [-0.2, 0) is 12.8 Å². The lowest BCUT2D eigenvalue weighted by atomic mass is 10.1. The fourth-order valence-electron chi connectivity index (χ4n) is 1.66. The summed E-state index contributed by atoms with van der Waals surface area (Å²) in [6, 6.07) is 11.5. The number of hydrogen-bond acceptors (Lipinski definition) is 3. The lowest BCUT2D eigenvalue weighted by Crippen LogP contribution is -1.89. The first kappa shape index (κ1) is 12.1. The molecule has 0 aliphatic carbocycles. The molecular formula is C14H13NO3. The molecule has 0 fully saturated rings. The Labute approximate surface area is 105 Å². The molecule has 92 valence electrons. The minimum atomic E-state index is -0.467. The van der Waals surface area contributed by atoms with Crippen molar-refractivity contribution >= 4 is 6.08 Å². The van der Waals surface area contributed by atoms with Crippen molar-refractivity contribution in [2.75, 3.05) is 0 Å². The van der Waals surface area contributed by atoms with Crippen molar-refractivity contribution in [1.82, 2.24) is 0 Å². The van der Waals surface area contributed by atoms with Gasteiger partial charge in [0.1, 0.15) is 5.76 Å². The quantitative estimate of drug-likeness (QED) is 0.598. The van der Waals surface area contributed by atoms with Crippen LogP contribution in [0.15, 0.2) is 53.3 Å². The zero-order chi connectivity index (χ0) is 12.8. The Bertz CT molecular complexity index is 527. The van der Waals surface area contributed by atoms with Gasteiger partial charge in [0.25, 0.3) is 0 Å². The minimum absolute atomic E-state index is 0.467. The van der Waals surface area contributed by atoms with E-state index >= 15 is 0 Å². The Kier molecular flexibility index (Phi) is 3.91. The monoisotopic (exact) mass is 243 g/mol. The third-order valence-electron chi connectivity index (χ3n) is 2.61. The third kappa shape index (κ3) is 3.59. The van der Waals surface area contributed by atoms with Gasteiger partial charge >= 0.3 is 0 Å². The molecule has 4 nitrogen and oxygen atoms in total. The maximum Gasteiger partial charge on any atom is 0.235 e. The summed E-state index contributed by atoms with van der Waals surface area (Å²) in [6.45, 7) is 0. The molecule has 1 heterocycles. The maximum atomic E-state index is 10.2. The Hall–Kier alpha value is -2.36. The highest BCUT2D eigenvalue weighted by Gasteiger charge is 1.98. The van der Waals surface area contributed by atoms with E-state index < -0.39 is 4.92 Å². The normalized spacial score (nSPS) is 10.9. The molecular weight excluding hydrogens is 230 g/mol.